The second-order valence-corrected chi connectivity index (χ2v) is 9.00. The fraction of sp³-hybridized carbons (Fsp3) is 0.571. The van der Waals surface area contributed by atoms with Crippen LogP contribution in [0.3, 0.4) is 0 Å². The summed E-state index contributed by atoms with van der Waals surface area (Å²) >= 11 is 4.80. The van der Waals surface area contributed by atoms with E-state index >= 15 is 0 Å². The van der Waals surface area contributed by atoms with Gasteiger partial charge in [-0.05, 0) is 31.9 Å². The van der Waals surface area contributed by atoms with Gasteiger partial charge in [-0.2, -0.15) is 0 Å². The third-order valence-corrected chi connectivity index (χ3v) is 6.39. The quantitative estimate of drug-likeness (QED) is 0.602. The fourth-order valence-electron chi connectivity index (χ4n) is 2.56. The first-order chi connectivity index (χ1) is 11.2. The number of nitrogens with zero attached hydrogens (tertiary/aromatic N) is 3. The van der Waals surface area contributed by atoms with Crippen LogP contribution in [0.5, 0.6) is 0 Å². The number of carbonyl (C=O) groups is 1. The summed E-state index contributed by atoms with van der Waals surface area (Å²) in [6, 6.07) is 0.176. The maximum Gasteiger partial charge on any atom is 0.240 e. The van der Waals surface area contributed by atoms with Crippen molar-refractivity contribution in [3.63, 3.8) is 0 Å². The van der Waals surface area contributed by atoms with Gasteiger partial charge in [0, 0.05) is 4.88 Å². The molecule has 3 rings (SSSR count). The smallest absolute Gasteiger partial charge is 0.240 e. The predicted molar refractivity (Wildman–Crippen MR) is 95.5 cm³/mol. The average Bonchev–Trinajstić information content (AvgIpc) is 3.11. The zero-order valence-electron chi connectivity index (χ0n) is 13.1. The second-order valence-electron chi connectivity index (χ2n) is 5.22. The number of carbonyl (C=O) groups excluding carboxylic acids is 1. The molecule has 0 aliphatic heterocycles. The summed E-state index contributed by atoms with van der Waals surface area (Å²) in [5.74, 6) is 0.856. The minimum Gasteiger partial charge on any atom is -0.300 e. The molecule has 23 heavy (non-hydrogen) atoms. The van der Waals surface area contributed by atoms with Gasteiger partial charge in [0.1, 0.15) is 0 Å². The Morgan fingerprint density at radius 2 is 2.26 bits per heavy atom. The van der Waals surface area contributed by atoms with Gasteiger partial charge in [-0.3, -0.25) is 10.1 Å². The molecule has 0 saturated heterocycles. The van der Waals surface area contributed by atoms with Crippen LogP contribution in [0.25, 0.3) is 0 Å². The molecule has 1 amide bonds. The van der Waals surface area contributed by atoms with Crippen LogP contribution < -0.4 is 10.6 Å². The van der Waals surface area contributed by atoms with Gasteiger partial charge in [-0.15, -0.1) is 21.5 Å². The molecule has 2 aromatic heterocycles. The summed E-state index contributed by atoms with van der Waals surface area (Å²) in [4.78, 5) is 18.1. The lowest BCUT2D eigenvalue weighted by atomic mass is 9.97. The molecule has 1 aliphatic rings. The number of aromatic nitrogens is 3. The van der Waals surface area contributed by atoms with Crippen molar-refractivity contribution in [3.8, 4) is 0 Å². The molecule has 0 aromatic carbocycles. The lowest BCUT2D eigenvalue weighted by Gasteiger charge is -2.22. The molecule has 9 heteroatoms. The highest BCUT2D eigenvalue weighted by Crippen LogP contribution is 2.32. The minimum absolute atomic E-state index is 0.0896. The topological polar surface area (TPSA) is 79.8 Å². The van der Waals surface area contributed by atoms with Gasteiger partial charge < -0.3 is 5.32 Å². The van der Waals surface area contributed by atoms with Gasteiger partial charge in [0.15, 0.2) is 4.34 Å². The second kappa shape index (κ2) is 7.69. The van der Waals surface area contributed by atoms with Crippen molar-refractivity contribution in [2.24, 2.45) is 0 Å². The van der Waals surface area contributed by atoms with Gasteiger partial charge in [-0.25, -0.2) is 4.98 Å². The summed E-state index contributed by atoms with van der Waals surface area (Å²) in [7, 11) is 0. The monoisotopic (exact) mass is 369 g/mol. The van der Waals surface area contributed by atoms with Crippen molar-refractivity contribution in [2.45, 2.75) is 43.5 Å². The molecule has 2 aromatic rings. The van der Waals surface area contributed by atoms with Crippen molar-refractivity contribution in [1.29, 1.82) is 0 Å². The number of aryl methyl sites for hydroxylation is 2. The molecule has 1 aliphatic carbocycles. The van der Waals surface area contributed by atoms with Crippen LogP contribution in [-0.2, 0) is 11.2 Å². The van der Waals surface area contributed by atoms with Gasteiger partial charge in [-0.1, -0.05) is 30.0 Å². The third kappa shape index (κ3) is 4.28. The molecule has 0 spiro atoms. The van der Waals surface area contributed by atoms with Crippen LogP contribution in [0.4, 0.5) is 5.13 Å². The molecule has 0 fully saturated rings. The zero-order chi connectivity index (χ0) is 16.2. The van der Waals surface area contributed by atoms with Gasteiger partial charge in [0.05, 0.1) is 23.3 Å². The summed E-state index contributed by atoms with van der Waals surface area (Å²) in [5, 5.41) is 15.8. The Labute approximate surface area is 147 Å². The maximum atomic E-state index is 12.1. The number of thiazole rings is 1. The molecule has 1 atom stereocenters. The van der Waals surface area contributed by atoms with E-state index in [-0.39, 0.29) is 18.5 Å². The van der Waals surface area contributed by atoms with Crippen LogP contribution in [0, 0.1) is 6.92 Å². The van der Waals surface area contributed by atoms with Gasteiger partial charge in [0.2, 0.25) is 11.0 Å². The van der Waals surface area contributed by atoms with E-state index in [1.54, 1.807) is 23.1 Å². The summed E-state index contributed by atoms with van der Waals surface area (Å²) < 4.78 is 0.880. The zero-order valence-corrected chi connectivity index (χ0v) is 15.5. The van der Waals surface area contributed by atoms with Crippen LogP contribution in [0.15, 0.2) is 4.34 Å². The Hall–Kier alpha value is -1.03. The summed E-state index contributed by atoms with van der Waals surface area (Å²) in [6.45, 7) is 4.36. The highest BCUT2D eigenvalue weighted by Gasteiger charge is 2.24. The maximum absolute atomic E-state index is 12.1. The fourth-order valence-corrected chi connectivity index (χ4v) is 5.26. The number of hydrogen-bond acceptors (Lipinski definition) is 8. The van der Waals surface area contributed by atoms with E-state index in [2.05, 4.69) is 32.7 Å². The Balaban J connectivity index is 1.53. The SMILES string of the molecule is CCSc1nnc(NC(=O)CN[C@H]2CCCc3sc(C)nc32)s1. The van der Waals surface area contributed by atoms with Crippen molar-refractivity contribution >= 4 is 45.5 Å². The molecule has 0 radical (unpaired) electrons. The van der Waals surface area contributed by atoms with Crippen LogP contribution >= 0.6 is 34.4 Å². The van der Waals surface area contributed by atoms with E-state index in [0.717, 1.165) is 40.1 Å². The number of anilines is 1. The standard InChI is InChI=1S/C14H19N5OS3/c1-3-21-14-19-18-13(23-14)17-11(20)7-15-9-5-4-6-10-12(9)16-8(2)22-10/h9,15H,3-7H2,1-2H3,(H,17,18,20)/t9-/m0/s1. The number of amides is 1. The molecular weight excluding hydrogens is 350 g/mol. The van der Waals surface area contributed by atoms with Crippen LogP contribution in [-0.4, -0.2) is 33.4 Å². The van der Waals surface area contributed by atoms with E-state index < -0.39 is 0 Å². The number of nitrogens with one attached hydrogen (secondary N) is 2. The molecule has 0 unspecified atom stereocenters. The van der Waals surface area contributed by atoms with Crippen molar-refractivity contribution in [2.75, 3.05) is 17.6 Å². The summed E-state index contributed by atoms with van der Waals surface area (Å²) in [5.41, 5.74) is 1.13. The van der Waals surface area contributed by atoms with E-state index in [1.165, 1.54) is 16.2 Å². The van der Waals surface area contributed by atoms with E-state index in [0.29, 0.717) is 5.13 Å². The van der Waals surface area contributed by atoms with Crippen molar-refractivity contribution in [3.05, 3.63) is 15.6 Å². The summed E-state index contributed by atoms with van der Waals surface area (Å²) in [6.07, 6.45) is 3.27. The normalized spacial score (nSPS) is 17.0. The molecule has 0 saturated carbocycles. The molecule has 2 heterocycles. The highest BCUT2D eigenvalue weighted by atomic mass is 32.2. The molecule has 0 bridgehead atoms. The first-order valence-electron chi connectivity index (χ1n) is 7.61. The predicted octanol–water partition coefficient (Wildman–Crippen LogP) is 3.02. The molecule has 2 N–H and O–H groups in total. The molecular formula is C14H19N5OS3. The molecule has 124 valence electrons. The first-order valence-corrected chi connectivity index (χ1v) is 10.2. The number of fused-ring (bicyclic) bond motifs is 1. The van der Waals surface area contributed by atoms with E-state index in [9.17, 15) is 4.79 Å². The lowest BCUT2D eigenvalue weighted by Crippen LogP contribution is -2.33. The van der Waals surface area contributed by atoms with Crippen molar-refractivity contribution in [1.82, 2.24) is 20.5 Å². The number of hydrogen-bond donors (Lipinski definition) is 2. The Morgan fingerprint density at radius 3 is 3.09 bits per heavy atom. The largest absolute Gasteiger partial charge is 0.300 e. The van der Waals surface area contributed by atoms with Crippen LogP contribution in [0.1, 0.15) is 41.4 Å². The number of thioether (sulfide) groups is 1. The van der Waals surface area contributed by atoms with E-state index in [4.69, 9.17) is 0 Å². The van der Waals surface area contributed by atoms with Crippen LogP contribution in [0.2, 0.25) is 0 Å². The Bertz CT molecular complexity index is 684. The van der Waals surface area contributed by atoms with Gasteiger partial charge >= 0.3 is 0 Å². The lowest BCUT2D eigenvalue weighted by molar-refractivity contribution is -0.115. The average molecular weight is 370 g/mol. The first kappa shape index (κ1) is 16.8. The Morgan fingerprint density at radius 1 is 1.39 bits per heavy atom. The molecule has 6 nitrogen and oxygen atoms in total. The third-order valence-electron chi connectivity index (χ3n) is 3.49. The highest BCUT2D eigenvalue weighted by molar-refractivity contribution is 8.01. The Kier molecular flexibility index (Phi) is 5.62. The minimum atomic E-state index is -0.0896. The number of rotatable bonds is 6. The van der Waals surface area contributed by atoms with Crippen molar-refractivity contribution < 1.29 is 4.79 Å². The van der Waals surface area contributed by atoms with Gasteiger partial charge in [0.25, 0.3) is 0 Å². The van der Waals surface area contributed by atoms with E-state index in [1.807, 2.05) is 6.92 Å².